The van der Waals surface area contributed by atoms with Crippen molar-refractivity contribution in [3.05, 3.63) is 39.9 Å². The van der Waals surface area contributed by atoms with Crippen LogP contribution < -0.4 is 0 Å². The Bertz CT molecular complexity index is 670. The standard InChI is InChI=1S/C11H11ClN2O2S3/c1-19(15,16)11-14-13-10(18-11)7-17-6-8-4-2-3-5-9(8)12/h2-5H,6-7H2,1H3. The van der Waals surface area contributed by atoms with E-state index in [1.807, 2.05) is 24.3 Å². The molecule has 0 atom stereocenters. The lowest BCUT2D eigenvalue weighted by Crippen LogP contribution is -1.95. The highest BCUT2D eigenvalue weighted by Crippen LogP contribution is 2.25. The summed E-state index contributed by atoms with van der Waals surface area (Å²) in [6.07, 6.45) is 1.13. The summed E-state index contributed by atoms with van der Waals surface area (Å²) in [5.41, 5.74) is 1.06. The lowest BCUT2D eigenvalue weighted by molar-refractivity contribution is 0.600. The van der Waals surface area contributed by atoms with Crippen LogP contribution >= 0.6 is 34.7 Å². The average Bonchev–Trinajstić information content (AvgIpc) is 2.80. The summed E-state index contributed by atoms with van der Waals surface area (Å²) in [6.45, 7) is 0. The Morgan fingerprint density at radius 1 is 1.26 bits per heavy atom. The minimum Gasteiger partial charge on any atom is -0.221 e. The van der Waals surface area contributed by atoms with Crippen LogP contribution in [0.15, 0.2) is 28.6 Å². The number of aromatic nitrogens is 2. The maximum Gasteiger partial charge on any atom is 0.232 e. The smallest absolute Gasteiger partial charge is 0.221 e. The number of thioether (sulfide) groups is 1. The molecule has 0 N–H and O–H groups in total. The fourth-order valence-corrected chi connectivity index (χ4v) is 4.33. The molecule has 0 saturated carbocycles. The van der Waals surface area contributed by atoms with Gasteiger partial charge in [-0.3, -0.25) is 0 Å². The molecule has 1 aromatic heterocycles. The zero-order valence-corrected chi connectivity index (χ0v) is 13.2. The molecule has 0 unspecified atom stereocenters. The van der Waals surface area contributed by atoms with Gasteiger partial charge in [-0.15, -0.1) is 22.0 Å². The average molecular weight is 335 g/mol. The van der Waals surface area contributed by atoms with Gasteiger partial charge in [0.25, 0.3) is 0 Å². The largest absolute Gasteiger partial charge is 0.232 e. The van der Waals surface area contributed by atoms with Crippen LogP contribution in [0.3, 0.4) is 0 Å². The topological polar surface area (TPSA) is 59.9 Å². The van der Waals surface area contributed by atoms with Crippen LogP contribution in [0.5, 0.6) is 0 Å². The van der Waals surface area contributed by atoms with E-state index in [2.05, 4.69) is 10.2 Å². The summed E-state index contributed by atoms with van der Waals surface area (Å²) in [5, 5.41) is 8.99. The molecule has 4 nitrogen and oxygen atoms in total. The number of hydrogen-bond donors (Lipinski definition) is 0. The second kappa shape index (κ2) is 6.21. The van der Waals surface area contributed by atoms with Crippen LogP contribution in [0.1, 0.15) is 10.6 Å². The normalized spacial score (nSPS) is 11.7. The van der Waals surface area contributed by atoms with Crippen molar-refractivity contribution < 1.29 is 8.42 Å². The quantitative estimate of drug-likeness (QED) is 0.841. The highest BCUT2D eigenvalue weighted by molar-refractivity contribution is 7.97. The van der Waals surface area contributed by atoms with E-state index in [4.69, 9.17) is 11.6 Å². The molecule has 0 aliphatic rings. The first kappa shape index (κ1) is 14.8. The van der Waals surface area contributed by atoms with Crippen molar-refractivity contribution in [3.63, 3.8) is 0 Å². The molecule has 0 radical (unpaired) electrons. The Morgan fingerprint density at radius 3 is 2.63 bits per heavy atom. The minimum absolute atomic E-state index is 0.0702. The third kappa shape index (κ3) is 4.17. The van der Waals surface area contributed by atoms with E-state index in [1.54, 1.807) is 11.8 Å². The van der Waals surface area contributed by atoms with Crippen molar-refractivity contribution in [2.45, 2.75) is 15.8 Å². The fourth-order valence-electron chi connectivity index (χ4n) is 1.31. The van der Waals surface area contributed by atoms with Gasteiger partial charge in [-0.05, 0) is 11.6 Å². The van der Waals surface area contributed by atoms with Gasteiger partial charge in [-0.1, -0.05) is 41.1 Å². The summed E-state index contributed by atoms with van der Waals surface area (Å²) >= 11 is 8.79. The van der Waals surface area contributed by atoms with E-state index in [0.717, 1.165) is 33.9 Å². The van der Waals surface area contributed by atoms with Gasteiger partial charge in [0.15, 0.2) is 0 Å². The number of halogens is 1. The molecular formula is C11H11ClN2O2S3. The molecule has 0 saturated heterocycles. The summed E-state index contributed by atoms with van der Waals surface area (Å²) < 4.78 is 22.6. The van der Waals surface area contributed by atoms with E-state index in [9.17, 15) is 8.42 Å². The molecule has 2 aromatic rings. The second-order valence-electron chi connectivity index (χ2n) is 3.82. The van der Waals surface area contributed by atoms with Crippen LogP contribution in [0.25, 0.3) is 0 Å². The van der Waals surface area contributed by atoms with Crippen LogP contribution in [0, 0.1) is 0 Å². The molecule has 19 heavy (non-hydrogen) atoms. The molecule has 0 spiro atoms. The van der Waals surface area contributed by atoms with Crippen LogP contribution in [-0.2, 0) is 21.3 Å². The van der Waals surface area contributed by atoms with Crippen LogP contribution in [0.4, 0.5) is 0 Å². The van der Waals surface area contributed by atoms with Gasteiger partial charge in [-0.2, -0.15) is 0 Å². The Balaban J connectivity index is 1.93. The minimum atomic E-state index is -3.25. The lowest BCUT2D eigenvalue weighted by Gasteiger charge is -2.01. The number of sulfone groups is 1. The van der Waals surface area contributed by atoms with Gasteiger partial charge < -0.3 is 0 Å². The SMILES string of the molecule is CS(=O)(=O)c1nnc(CSCc2ccccc2Cl)s1. The van der Waals surface area contributed by atoms with Gasteiger partial charge >= 0.3 is 0 Å². The Morgan fingerprint density at radius 2 is 2.00 bits per heavy atom. The summed E-state index contributed by atoms with van der Waals surface area (Å²) in [7, 11) is -3.25. The number of hydrogen-bond acceptors (Lipinski definition) is 6. The van der Waals surface area contributed by atoms with Gasteiger partial charge in [0.1, 0.15) is 5.01 Å². The molecule has 102 valence electrons. The van der Waals surface area contributed by atoms with Crippen molar-refractivity contribution >= 4 is 44.5 Å². The maximum atomic E-state index is 11.3. The van der Waals surface area contributed by atoms with E-state index >= 15 is 0 Å². The van der Waals surface area contributed by atoms with E-state index in [-0.39, 0.29) is 4.34 Å². The summed E-state index contributed by atoms with van der Waals surface area (Å²) in [4.78, 5) is 0. The van der Waals surface area contributed by atoms with Crippen LogP contribution in [-0.4, -0.2) is 24.9 Å². The Kier molecular flexibility index (Phi) is 4.83. The summed E-state index contributed by atoms with van der Waals surface area (Å²) in [5.74, 6) is 1.38. The van der Waals surface area contributed by atoms with Gasteiger partial charge in [0.2, 0.25) is 14.2 Å². The fraction of sp³-hybridized carbons (Fsp3) is 0.273. The zero-order chi connectivity index (χ0) is 13.9. The van der Waals surface area contributed by atoms with Crippen molar-refractivity contribution in [1.82, 2.24) is 10.2 Å². The Hall–Kier alpha value is -0.630. The predicted octanol–water partition coefficient (Wildman–Crippen LogP) is 3.03. The molecular weight excluding hydrogens is 324 g/mol. The highest BCUT2D eigenvalue weighted by Gasteiger charge is 2.14. The van der Waals surface area contributed by atoms with Gasteiger partial charge in [0.05, 0.1) is 0 Å². The molecule has 0 aliphatic heterocycles. The molecule has 2 rings (SSSR count). The van der Waals surface area contributed by atoms with E-state index < -0.39 is 9.84 Å². The highest BCUT2D eigenvalue weighted by atomic mass is 35.5. The molecule has 0 bridgehead atoms. The lowest BCUT2D eigenvalue weighted by atomic mass is 10.2. The first-order chi connectivity index (χ1) is 8.97. The molecule has 1 heterocycles. The molecule has 0 fully saturated rings. The molecule has 8 heteroatoms. The third-order valence-corrected chi connectivity index (χ3v) is 6.34. The first-order valence-electron chi connectivity index (χ1n) is 5.30. The monoisotopic (exact) mass is 334 g/mol. The summed E-state index contributed by atoms with van der Waals surface area (Å²) in [6, 6.07) is 7.65. The second-order valence-corrected chi connectivity index (χ2v) is 8.46. The van der Waals surface area contributed by atoms with Gasteiger partial charge in [-0.25, -0.2) is 8.42 Å². The first-order valence-corrected chi connectivity index (χ1v) is 9.54. The predicted molar refractivity (Wildman–Crippen MR) is 79.5 cm³/mol. The van der Waals surface area contributed by atoms with E-state index in [1.165, 1.54) is 0 Å². The third-order valence-electron chi connectivity index (χ3n) is 2.21. The molecule has 0 amide bonds. The zero-order valence-electron chi connectivity index (χ0n) is 10.0. The number of benzene rings is 1. The van der Waals surface area contributed by atoms with Crippen molar-refractivity contribution in [3.8, 4) is 0 Å². The Labute approximate surface area is 125 Å². The van der Waals surface area contributed by atoms with Crippen molar-refractivity contribution in [2.75, 3.05) is 6.26 Å². The van der Waals surface area contributed by atoms with Crippen molar-refractivity contribution in [1.29, 1.82) is 0 Å². The number of rotatable bonds is 5. The number of nitrogens with zero attached hydrogens (tertiary/aromatic N) is 2. The van der Waals surface area contributed by atoms with Gasteiger partial charge in [0, 0.05) is 22.8 Å². The van der Waals surface area contributed by atoms with Crippen LogP contribution in [0.2, 0.25) is 5.02 Å². The molecule has 1 aromatic carbocycles. The van der Waals surface area contributed by atoms with Crippen molar-refractivity contribution in [2.24, 2.45) is 0 Å². The van der Waals surface area contributed by atoms with E-state index in [0.29, 0.717) is 10.8 Å². The maximum absolute atomic E-state index is 11.3. The molecule has 0 aliphatic carbocycles.